The van der Waals surface area contributed by atoms with Gasteiger partial charge < -0.3 is 10.2 Å². The van der Waals surface area contributed by atoms with Crippen LogP contribution in [0.25, 0.3) is 0 Å². The van der Waals surface area contributed by atoms with E-state index in [2.05, 4.69) is 5.32 Å². The van der Waals surface area contributed by atoms with Crippen LogP contribution in [-0.4, -0.2) is 39.6 Å². The van der Waals surface area contributed by atoms with Crippen LogP contribution in [0.15, 0.2) is 47.4 Å². The maximum atomic E-state index is 13.5. The number of fused-ring (bicyclic) bond motifs is 1. The second-order valence-electron chi connectivity index (χ2n) is 8.64. The lowest BCUT2D eigenvalue weighted by Gasteiger charge is -2.28. The highest BCUT2D eigenvalue weighted by Gasteiger charge is 2.34. The summed E-state index contributed by atoms with van der Waals surface area (Å²) in [5, 5.41) is 2.73. The minimum Gasteiger partial charge on any atom is -0.338 e. The lowest BCUT2D eigenvalue weighted by molar-refractivity contribution is -0.129. The molecule has 6 nitrogen and oxygen atoms in total. The summed E-state index contributed by atoms with van der Waals surface area (Å²) in [6.45, 7) is 5.12. The number of nitrogens with zero attached hydrogens (tertiary/aromatic N) is 2. The Balaban J connectivity index is 1.54. The molecule has 0 aromatic heterocycles. The summed E-state index contributed by atoms with van der Waals surface area (Å²) in [4.78, 5) is 26.5. The Morgan fingerprint density at radius 1 is 1.16 bits per heavy atom. The van der Waals surface area contributed by atoms with Gasteiger partial charge in [-0.1, -0.05) is 12.1 Å². The molecular formula is C23H26FN3O3S. The lowest BCUT2D eigenvalue weighted by Crippen LogP contribution is -2.34. The molecule has 2 heterocycles. The van der Waals surface area contributed by atoms with Crippen LogP contribution < -0.4 is 9.62 Å². The summed E-state index contributed by atoms with van der Waals surface area (Å²) in [7, 11) is -2.51. The fraction of sp³-hybridized carbons (Fsp3) is 0.348. The van der Waals surface area contributed by atoms with Gasteiger partial charge in [-0.25, -0.2) is 8.60 Å². The zero-order valence-corrected chi connectivity index (χ0v) is 18.7. The van der Waals surface area contributed by atoms with Gasteiger partial charge in [-0.05, 0) is 61.7 Å². The van der Waals surface area contributed by atoms with E-state index in [1.54, 1.807) is 53.7 Å². The molecule has 0 saturated heterocycles. The van der Waals surface area contributed by atoms with Gasteiger partial charge in [0.1, 0.15) is 16.4 Å². The number of hydrogen-bond donors (Lipinski definition) is 1. The molecule has 8 heteroatoms. The summed E-state index contributed by atoms with van der Waals surface area (Å²) >= 11 is 0. The summed E-state index contributed by atoms with van der Waals surface area (Å²) < 4.78 is 28.3. The first-order valence-electron chi connectivity index (χ1n) is 10.2. The van der Waals surface area contributed by atoms with Crippen molar-refractivity contribution in [2.24, 2.45) is 5.41 Å². The van der Waals surface area contributed by atoms with E-state index >= 15 is 0 Å². The molecule has 0 aliphatic carbocycles. The Kier molecular flexibility index (Phi) is 5.29. The minimum absolute atomic E-state index is 0.0367. The molecule has 2 aromatic rings. The predicted octanol–water partition coefficient (Wildman–Crippen LogP) is 3.36. The monoisotopic (exact) mass is 443 g/mol. The van der Waals surface area contributed by atoms with Gasteiger partial charge >= 0.3 is 0 Å². The molecule has 4 rings (SSSR count). The molecule has 0 spiro atoms. The highest BCUT2D eigenvalue weighted by molar-refractivity contribution is 8.11. The van der Waals surface area contributed by atoms with Crippen molar-refractivity contribution in [2.75, 3.05) is 22.8 Å². The molecule has 2 aliphatic rings. The molecule has 31 heavy (non-hydrogen) atoms. The fourth-order valence-electron chi connectivity index (χ4n) is 3.57. The standard InChI is InChI=1S/C23H26FN3O3S/c1-16(28)26-10-9-17-7-8-21(11-18(17)13-26)31(30)15-27(31)20-6-4-5-19(12-20)25-22(29)23(2,3)14-24/h4-8,11-12,15H,9-10,13-14H2,1-3H3,(H,25,29). The van der Waals surface area contributed by atoms with E-state index in [-0.39, 0.29) is 5.91 Å². The van der Waals surface area contributed by atoms with Crippen molar-refractivity contribution in [3.05, 3.63) is 53.6 Å². The van der Waals surface area contributed by atoms with Gasteiger partial charge in [-0.15, -0.1) is 0 Å². The van der Waals surface area contributed by atoms with Gasteiger partial charge in [0.2, 0.25) is 11.8 Å². The Morgan fingerprint density at radius 2 is 1.94 bits per heavy atom. The quantitative estimate of drug-likeness (QED) is 0.721. The van der Waals surface area contributed by atoms with E-state index < -0.39 is 27.7 Å². The van der Waals surface area contributed by atoms with E-state index in [1.807, 2.05) is 24.3 Å². The van der Waals surface area contributed by atoms with E-state index in [1.165, 1.54) is 5.56 Å². The van der Waals surface area contributed by atoms with Gasteiger partial charge in [0, 0.05) is 25.7 Å². The van der Waals surface area contributed by atoms with Crippen molar-refractivity contribution in [3.63, 3.8) is 0 Å². The third-order valence-electron chi connectivity index (χ3n) is 5.77. The Hall–Kier alpha value is -2.87. The van der Waals surface area contributed by atoms with Crippen LogP contribution in [0.5, 0.6) is 0 Å². The van der Waals surface area contributed by atoms with Crippen LogP contribution in [0, 0.1) is 5.41 Å². The molecule has 2 aromatic carbocycles. The maximum Gasteiger partial charge on any atom is 0.232 e. The van der Waals surface area contributed by atoms with E-state index in [0.717, 1.165) is 12.0 Å². The molecule has 1 N–H and O–H groups in total. The number of alkyl halides is 1. The van der Waals surface area contributed by atoms with Crippen LogP contribution in [0.4, 0.5) is 15.8 Å². The van der Waals surface area contributed by atoms with Crippen LogP contribution in [0.3, 0.4) is 0 Å². The third kappa shape index (κ3) is 4.04. The molecule has 0 radical (unpaired) electrons. The number of carbonyl (C=O) groups excluding carboxylic acids is 2. The summed E-state index contributed by atoms with van der Waals surface area (Å²) in [5.74, 6) is -0.373. The van der Waals surface area contributed by atoms with E-state index in [0.29, 0.717) is 29.4 Å². The van der Waals surface area contributed by atoms with Gasteiger partial charge in [0.15, 0.2) is 0 Å². The topological polar surface area (TPSA) is 69.5 Å². The average molecular weight is 444 g/mol. The molecule has 1 unspecified atom stereocenters. The van der Waals surface area contributed by atoms with Gasteiger partial charge in [-0.3, -0.25) is 13.9 Å². The first-order valence-corrected chi connectivity index (χ1v) is 11.8. The van der Waals surface area contributed by atoms with E-state index in [4.69, 9.17) is 0 Å². The zero-order valence-electron chi connectivity index (χ0n) is 17.9. The van der Waals surface area contributed by atoms with Crippen molar-refractivity contribution in [1.82, 2.24) is 4.90 Å². The Morgan fingerprint density at radius 3 is 2.65 bits per heavy atom. The lowest BCUT2D eigenvalue weighted by atomic mass is 9.94. The number of hydrogen-bond acceptors (Lipinski definition) is 3. The fourth-order valence-corrected chi connectivity index (χ4v) is 5.50. The predicted molar refractivity (Wildman–Crippen MR) is 121 cm³/mol. The molecule has 2 amide bonds. The molecular weight excluding hydrogens is 417 g/mol. The number of benzene rings is 2. The summed E-state index contributed by atoms with van der Waals surface area (Å²) in [6, 6.07) is 12.8. The van der Waals surface area contributed by atoms with Crippen molar-refractivity contribution in [1.29, 1.82) is 0 Å². The normalized spacial score (nSPS) is 20.0. The molecule has 2 aliphatic heterocycles. The number of anilines is 2. The van der Waals surface area contributed by atoms with Gasteiger partial charge in [-0.2, -0.15) is 0 Å². The minimum atomic E-state index is -2.51. The van der Waals surface area contributed by atoms with Crippen LogP contribution in [-0.2, 0) is 32.3 Å². The smallest absolute Gasteiger partial charge is 0.232 e. The number of halogens is 1. The summed E-state index contributed by atoms with van der Waals surface area (Å²) in [5.41, 5.74) is 3.96. The zero-order chi connectivity index (χ0) is 22.4. The summed E-state index contributed by atoms with van der Waals surface area (Å²) in [6.07, 6.45) is 0.792. The van der Waals surface area contributed by atoms with Crippen molar-refractivity contribution < 1.29 is 18.2 Å². The maximum absolute atomic E-state index is 13.5. The van der Waals surface area contributed by atoms with Crippen LogP contribution >= 0.6 is 0 Å². The second-order valence-corrected chi connectivity index (χ2v) is 10.9. The largest absolute Gasteiger partial charge is 0.338 e. The first-order chi connectivity index (χ1) is 14.6. The highest BCUT2D eigenvalue weighted by Crippen LogP contribution is 2.35. The molecule has 164 valence electrons. The Bertz CT molecular complexity index is 1180. The molecule has 0 saturated carbocycles. The number of nitrogens with one attached hydrogen (secondary N) is 1. The number of rotatable bonds is 5. The number of amides is 2. The van der Waals surface area contributed by atoms with Gasteiger partial charge in [0.05, 0.1) is 21.5 Å². The van der Waals surface area contributed by atoms with Crippen molar-refractivity contribution >= 4 is 38.4 Å². The average Bonchev–Trinajstić information content (AvgIpc) is 3.46. The highest BCUT2D eigenvalue weighted by atomic mass is 32.2. The molecule has 0 bridgehead atoms. The third-order valence-corrected chi connectivity index (χ3v) is 7.88. The van der Waals surface area contributed by atoms with Crippen molar-refractivity contribution in [3.8, 4) is 0 Å². The second kappa shape index (κ2) is 7.67. The van der Waals surface area contributed by atoms with Crippen LogP contribution in [0.2, 0.25) is 0 Å². The van der Waals surface area contributed by atoms with Crippen molar-refractivity contribution in [2.45, 2.75) is 38.6 Å². The Labute approximate surface area is 182 Å². The molecule has 0 fully saturated rings. The van der Waals surface area contributed by atoms with Gasteiger partial charge in [0.25, 0.3) is 0 Å². The number of carbonyl (C=O) groups is 2. The molecule has 1 atom stereocenters. The van der Waals surface area contributed by atoms with Crippen LogP contribution in [0.1, 0.15) is 31.9 Å². The first kappa shape index (κ1) is 21.4. The van der Waals surface area contributed by atoms with E-state index in [9.17, 15) is 18.2 Å². The SMILES string of the molecule is CC(=O)N1CCc2ccc(S3(=O)=CN3c3cccc(NC(=O)C(C)(C)CF)c3)cc2C1.